The molecule has 4 rings (SSSR count). The zero-order valence-corrected chi connectivity index (χ0v) is 23.7. The Balaban J connectivity index is 0.000000968. The Morgan fingerprint density at radius 1 is 0.727 bits per heavy atom. The van der Waals surface area contributed by atoms with Crippen molar-refractivity contribution in [1.29, 1.82) is 0 Å². The van der Waals surface area contributed by atoms with Crippen LogP contribution in [0.15, 0.2) is 97.1 Å². The number of aryl methyl sites for hydroxylation is 2. The third kappa shape index (κ3) is 7.41. The van der Waals surface area contributed by atoms with E-state index in [2.05, 4.69) is 91.9 Å². The van der Waals surface area contributed by atoms with Crippen molar-refractivity contribution in [3.63, 3.8) is 0 Å². The third-order valence-electron chi connectivity index (χ3n) is 5.47. The SMILES string of the molecule is Cc1cccc(Pc2c(C)cccc2C[PH+](c2ccccc2)c2ccccc2)c1O.[Cl][Ti][Cl]. The molecule has 0 aliphatic heterocycles. The van der Waals surface area contributed by atoms with Crippen molar-refractivity contribution in [3.05, 3.63) is 114 Å². The van der Waals surface area contributed by atoms with Crippen molar-refractivity contribution in [2.45, 2.75) is 20.0 Å². The predicted octanol–water partition coefficient (Wildman–Crippen LogP) is 6.38. The van der Waals surface area contributed by atoms with E-state index in [-0.39, 0.29) is 0 Å². The van der Waals surface area contributed by atoms with E-state index in [4.69, 9.17) is 18.6 Å². The van der Waals surface area contributed by atoms with Gasteiger partial charge in [-0.25, -0.2) is 0 Å². The van der Waals surface area contributed by atoms with Crippen LogP contribution in [0.2, 0.25) is 0 Å². The average molecular weight is 548 g/mol. The Labute approximate surface area is 216 Å². The van der Waals surface area contributed by atoms with Gasteiger partial charge in [0.25, 0.3) is 0 Å². The molecule has 33 heavy (non-hydrogen) atoms. The van der Waals surface area contributed by atoms with Gasteiger partial charge in [0.1, 0.15) is 5.75 Å². The van der Waals surface area contributed by atoms with Crippen LogP contribution in [0.25, 0.3) is 0 Å². The molecular formula is C27H27Cl2OP2Ti+. The van der Waals surface area contributed by atoms with Crippen LogP contribution in [0.5, 0.6) is 5.75 Å². The molecule has 0 fully saturated rings. The van der Waals surface area contributed by atoms with Gasteiger partial charge in [0.15, 0.2) is 0 Å². The fourth-order valence-electron chi connectivity index (χ4n) is 3.79. The molecule has 0 spiro atoms. The Morgan fingerprint density at radius 3 is 1.82 bits per heavy atom. The van der Waals surface area contributed by atoms with Crippen LogP contribution in [0.4, 0.5) is 0 Å². The molecule has 4 aromatic rings. The van der Waals surface area contributed by atoms with Crippen LogP contribution >= 0.6 is 35.1 Å². The molecule has 0 saturated carbocycles. The van der Waals surface area contributed by atoms with Gasteiger partial charge in [-0.15, -0.1) is 0 Å². The first-order valence-electron chi connectivity index (χ1n) is 10.6. The number of halogens is 2. The van der Waals surface area contributed by atoms with E-state index in [1.807, 2.05) is 19.1 Å². The predicted molar refractivity (Wildman–Crippen MR) is 147 cm³/mol. The van der Waals surface area contributed by atoms with Crippen LogP contribution < -0.4 is 21.2 Å². The number of phenols is 1. The molecule has 1 N–H and O–H groups in total. The van der Waals surface area contributed by atoms with Gasteiger partial charge < -0.3 is 5.11 Å². The third-order valence-corrected chi connectivity index (χ3v) is 9.90. The standard InChI is InChI=1S/C27H26OP2.2ClH.Ti/c1-20-11-10-18-25(26(20)28)29-27-21(2)12-9-13-22(27)19-30(23-14-5-3-6-15-23)24-16-7-4-8-17-24;;;/h3-18,28-29H,19H2,1-2H3;2*1H;/q;;;+2/p-1. The molecule has 0 aromatic heterocycles. The van der Waals surface area contributed by atoms with Crippen LogP contribution in [-0.2, 0) is 23.2 Å². The summed E-state index contributed by atoms with van der Waals surface area (Å²) in [5.41, 5.74) is 3.64. The van der Waals surface area contributed by atoms with Crippen molar-refractivity contribution in [2.75, 3.05) is 0 Å². The molecule has 0 aliphatic rings. The summed E-state index contributed by atoms with van der Waals surface area (Å²) in [4.78, 5) is 0. The van der Waals surface area contributed by atoms with Crippen LogP contribution in [-0.4, -0.2) is 5.11 Å². The molecular weight excluding hydrogens is 521 g/mol. The molecule has 0 heterocycles. The van der Waals surface area contributed by atoms with Gasteiger partial charge in [-0.05, 0) is 60.1 Å². The molecule has 0 saturated heterocycles. The zero-order valence-electron chi connectivity index (χ0n) is 18.6. The van der Waals surface area contributed by atoms with E-state index >= 15 is 0 Å². The molecule has 0 radical (unpaired) electrons. The van der Waals surface area contributed by atoms with Gasteiger partial charge in [-0.1, -0.05) is 81.4 Å². The number of aromatic hydroxyl groups is 1. The summed E-state index contributed by atoms with van der Waals surface area (Å²) >= 11 is -0.556. The van der Waals surface area contributed by atoms with Crippen LogP contribution in [0, 0.1) is 13.8 Å². The summed E-state index contributed by atoms with van der Waals surface area (Å²) in [6.07, 6.45) is 1.04. The molecule has 168 valence electrons. The summed E-state index contributed by atoms with van der Waals surface area (Å²) in [7, 11) is 9.27. The first-order valence-corrected chi connectivity index (χ1v) is 17.6. The molecule has 0 amide bonds. The number of hydrogen-bond donors (Lipinski definition) is 1. The Kier molecular flexibility index (Phi) is 10.9. The maximum atomic E-state index is 10.6. The molecule has 0 bridgehead atoms. The van der Waals surface area contributed by atoms with Crippen molar-refractivity contribution < 1.29 is 22.1 Å². The van der Waals surface area contributed by atoms with Crippen LogP contribution in [0.1, 0.15) is 16.7 Å². The summed E-state index contributed by atoms with van der Waals surface area (Å²) in [5, 5.41) is 15.9. The minimum absolute atomic E-state index is 0.432. The minimum atomic E-state index is -0.958. The number of benzene rings is 4. The van der Waals surface area contributed by atoms with Crippen molar-refractivity contribution in [3.8, 4) is 5.75 Å². The van der Waals surface area contributed by atoms with E-state index in [0.717, 1.165) is 17.0 Å². The molecule has 1 atom stereocenters. The van der Waals surface area contributed by atoms with Gasteiger partial charge in [0, 0.05) is 5.30 Å². The van der Waals surface area contributed by atoms with E-state index in [1.165, 1.54) is 27.0 Å². The van der Waals surface area contributed by atoms with E-state index in [0.29, 0.717) is 14.3 Å². The Hall–Kier alpha value is -1.17. The molecule has 4 aromatic carbocycles. The fraction of sp³-hybridized carbons (Fsp3) is 0.111. The van der Waals surface area contributed by atoms with E-state index in [9.17, 15) is 5.11 Å². The van der Waals surface area contributed by atoms with Crippen LogP contribution in [0.3, 0.4) is 0 Å². The molecule has 0 aliphatic carbocycles. The molecule has 6 heteroatoms. The summed E-state index contributed by atoms with van der Waals surface area (Å²) in [5.74, 6) is 0.432. The average Bonchev–Trinajstić information content (AvgIpc) is 2.84. The van der Waals surface area contributed by atoms with Gasteiger partial charge in [-0.2, -0.15) is 0 Å². The number of phenolic OH excluding ortho intramolecular Hbond substituents is 1. The van der Waals surface area contributed by atoms with Crippen molar-refractivity contribution >= 4 is 56.3 Å². The second-order valence-electron chi connectivity index (χ2n) is 7.66. The van der Waals surface area contributed by atoms with Gasteiger partial charge in [0.2, 0.25) is 0 Å². The second kappa shape index (κ2) is 13.7. The number of para-hydroxylation sites is 1. The van der Waals surface area contributed by atoms with Gasteiger partial charge in [-0.3, -0.25) is 0 Å². The summed E-state index contributed by atoms with van der Waals surface area (Å²) in [6, 6.07) is 34.5. The second-order valence-corrected chi connectivity index (χ2v) is 14.0. The quantitative estimate of drug-likeness (QED) is 0.219. The fourth-order valence-corrected chi connectivity index (χ4v) is 7.95. The Morgan fingerprint density at radius 2 is 1.24 bits per heavy atom. The van der Waals surface area contributed by atoms with E-state index < -0.39 is 25.0 Å². The van der Waals surface area contributed by atoms with Crippen molar-refractivity contribution in [2.24, 2.45) is 0 Å². The summed E-state index contributed by atoms with van der Waals surface area (Å²) < 4.78 is 0. The monoisotopic (exact) mass is 547 g/mol. The zero-order chi connectivity index (χ0) is 23.6. The van der Waals surface area contributed by atoms with E-state index in [1.54, 1.807) is 0 Å². The molecule has 1 nitrogen and oxygen atoms in total. The molecule has 1 unspecified atom stereocenters. The summed E-state index contributed by atoms with van der Waals surface area (Å²) in [6.45, 7) is 4.16. The first kappa shape index (κ1) is 26.4. The number of hydrogen-bond acceptors (Lipinski definition) is 1. The topological polar surface area (TPSA) is 20.2 Å². The first-order chi connectivity index (χ1) is 16.0. The Bertz CT molecular complexity index is 1120. The van der Waals surface area contributed by atoms with Gasteiger partial charge >= 0.3 is 35.6 Å². The number of rotatable bonds is 6. The normalized spacial score (nSPS) is 10.8. The maximum absolute atomic E-state index is 10.6. The van der Waals surface area contributed by atoms with Crippen molar-refractivity contribution in [1.82, 2.24) is 0 Å². The van der Waals surface area contributed by atoms with Gasteiger partial charge in [0.05, 0.1) is 24.7 Å².